The summed E-state index contributed by atoms with van der Waals surface area (Å²) in [6.07, 6.45) is 0.534. The van der Waals surface area contributed by atoms with Crippen LogP contribution in [0.1, 0.15) is 24.0 Å². The van der Waals surface area contributed by atoms with E-state index in [2.05, 4.69) is 5.32 Å². The summed E-state index contributed by atoms with van der Waals surface area (Å²) < 4.78 is 13.3. The maximum Gasteiger partial charge on any atom is 0.309 e. The molecule has 1 amide bonds. The Labute approximate surface area is 189 Å². The largest absolute Gasteiger partial charge is 0.416 e. The van der Waals surface area contributed by atoms with Gasteiger partial charge in [-0.05, 0) is 42.3 Å². The Morgan fingerprint density at radius 1 is 1.06 bits per heavy atom. The molecule has 0 unspecified atom stereocenters. The molecule has 0 aliphatic carbocycles. The zero-order valence-corrected chi connectivity index (χ0v) is 18.2. The van der Waals surface area contributed by atoms with Crippen molar-refractivity contribution in [2.45, 2.75) is 25.0 Å². The van der Waals surface area contributed by atoms with Crippen LogP contribution in [0.5, 0.6) is 0 Å². The van der Waals surface area contributed by atoms with Crippen molar-refractivity contribution in [1.29, 1.82) is 0 Å². The maximum absolute atomic E-state index is 12.4. The van der Waals surface area contributed by atoms with Crippen LogP contribution in [0.2, 0.25) is 5.02 Å². The smallest absolute Gasteiger partial charge is 0.309 e. The number of esters is 2. The second kappa shape index (κ2) is 9.30. The van der Waals surface area contributed by atoms with Gasteiger partial charge in [-0.2, -0.15) is 0 Å². The van der Waals surface area contributed by atoms with Gasteiger partial charge < -0.3 is 14.8 Å². The van der Waals surface area contributed by atoms with Crippen molar-refractivity contribution in [2.24, 2.45) is 0 Å². The van der Waals surface area contributed by atoms with Crippen LogP contribution in [-0.4, -0.2) is 41.0 Å². The van der Waals surface area contributed by atoms with Crippen LogP contribution in [0, 0.1) is 0 Å². The van der Waals surface area contributed by atoms with Crippen LogP contribution >= 0.6 is 23.5 Å². The summed E-state index contributed by atoms with van der Waals surface area (Å²) in [7, 11) is 0. The van der Waals surface area contributed by atoms with Gasteiger partial charge in [-0.15, -0.1) is 0 Å². The minimum absolute atomic E-state index is 0.0316. The van der Waals surface area contributed by atoms with E-state index in [0.717, 1.165) is 5.56 Å². The average molecular weight is 461 g/mol. The molecule has 9 heteroatoms. The number of benzene rings is 2. The first-order valence-electron chi connectivity index (χ1n) is 9.89. The molecule has 7 nitrogen and oxygen atoms in total. The van der Waals surface area contributed by atoms with Gasteiger partial charge in [0.15, 0.2) is 0 Å². The highest BCUT2D eigenvalue weighted by atomic mass is 35.5. The predicted octanol–water partition coefficient (Wildman–Crippen LogP) is 3.52. The average Bonchev–Trinajstić information content (AvgIpc) is 2.98. The molecule has 4 rings (SSSR count). The number of ether oxygens (including phenoxy) is 2. The molecule has 1 saturated heterocycles. The third-order valence-corrected chi connectivity index (χ3v) is 6.32. The Balaban J connectivity index is 1.54. The molecule has 2 aliphatic heterocycles. The summed E-state index contributed by atoms with van der Waals surface area (Å²) in [5.41, 5.74) is 2.17. The Kier molecular flexibility index (Phi) is 6.50. The van der Waals surface area contributed by atoms with Crippen molar-refractivity contribution in [3.63, 3.8) is 0 Å². The third-order valence-electron chi connectivity index (χ3n) is 5.02. The Morgan fingerprint density at radius 3 is 2.48 bits per heavy atom. The van der Waals surface area contributed by atoms with Crippen molar-refractivity contribution in [2.75, 3.05) is 24.2 Å². The molecular weight excluding hydrogens is 440 g/mol. The van der Waals surface area contributed by atoms with Gasteiger partial charge in [-0.3, -0.25) is 14.4 Å². The number of nitrogens with zero attached hydrogens (tertiary/aromatic N) is 1. The normalized spacial score (nSPS) is 18.4. The zero-order valence-electron chi connectivity index (χ0n) is 16.6. The van der Waals surface area contributed by atoms with Gasteiger partial charge in [0.05, 0.1) is 25.1 Å². The molecule has 0 saturated carbocycles. The molecule has 0 bridgehead atoms. The second-order valence-electron chi connectivity index (χ2n) is 7.30. The van der Waals surface area contributed by atoms with E-state index in [9.17, 15) is 14.4 Å². The number of para-hydroxylation sites is 1. The fraction of sp³-hybridized carbons (Fsp3) is 0.318. The topological polar surface area (TPSA) is 84.9 Å². The quantitative estimate of drug-likeness (QED) is 0.552. The van der Waals surface area contributed by atoms with Gasteiger partial charge in [-0.25, -0.2) is 4.31 Å². The molecule has 31 heavy (non-hydrogen) atoms. The minimum atomic E-state index is -1.57. The highest BCUT2D eigenvalue weighted by molar-refractivity contribution is 7.97. The van der Waals surface area contributed by atoms with Gasteiger partial charge in [0.25, 0.3) is 5.79 Å². The number of carbonyl (C=O) groups excluding carboxylic acids is 3. The Bertz CT molecular complexity index is 983. The molecule has 162 valence electrons. The van der Waals surface area contributed by atoms with Gasteiger partial charge in [0.1, 0.15) is 0 Å². The highest BCUT2D eigenvalue weighted by Gasteiger charge is 2.47. The van der Waals surface area contributed by atoms with E-state index in [-0.39, 0.29) is 31.0 Å². The van der Waals surface area contributed by atoms with Crippen LogP contribution in [0.25, 0.3) is 0 Å². The lowest BCUT2D eigenvalue weighted by molar-refractivity contribution is -0.229. The van der Waals surface area contributed by atoms with Gasteiger partial charge in [-0.1, -0.05) is 41.7 Å². The molecule has 0 atom stereocenters. The number of amides is 1. The van der Waals surface area contributed by atoms with Crippen molar-refractivity contribution in [3.05, 3.63) is 64.7 Å². The predicted molar refractivity (Wildman–Crippen MR) is 117 cm³/mol. The molecule has 2 heterocycles. The molecule has 2 aliphatic rings. The van der Waals surface area contributed by atoms with Crippen molar-refractivity contribution in [1.82, 2.24) is 4.31 Å². The van der Waals surface area contributed by atoms with Crippen molar-refractivity contribution >= 4 is 47.1 Å². The number of carbonyl (C=O) groups is 3. The maximum atomic E-state index is 12.4. The fourth-order valence-electron chi connectivity index (χ4n) is 3.63. The standard InChI is InChI=1S/C22H21ClN2O5S/c23-16-6-7-18-15(12-16)10-11-25(14-22(18)29-20(27)8-9-21(28)30-22)31-13-19(26)24-17-4-2-1-3-5-17/h1-7,12H,8-11,13-14H2,(H,24,26). The van der Waals surface area contributed by atoms with E-state index >= 15 is 0 Å². The minimum Gasteiger partial charge on any atom is -0.416 e. The van der Waals surface area contributed by atoms with Gasteiger partial charge in [0, 0.05) is 22.8 Å². The SMILES string of the molecule is O=C(CSN1CCc2cc(Cl)ccc2C2(C1)OC(=O)CCC(=O)O2)Nc1ccccc1. The first kappa shape index (κ1) is 21.7. The Morgan fingerprint density at radius 2 is 1.77 bits per heavy atom. The number of halogens is 1. The van der Waals surface area contributed by atoms with Crippen LogP contribution in [-0.2, 0) is 36.1 Å². The number of nitrogens with one attached hydrogen (secondary N) is 1. The van der Waals surface area contributed by atoms with E-state index in [1.54, 1.807) is 18.2 Å². The summed E-state index contributed by atoms with van der Waals surface area (Å²) in [4.78, 5) is 37.0. The zero-order chi connectivity index (χ0) is 21.8. The van der Waals surface area contributed by atoms with Gasteiger partial charge in [0.2, 0.25) is 5.91 Å². The number of hydrogen-bond acceptors (Lipinski definition) is 7. The lowest BCUT2D eigenvalue weighted by Crippen LogP contribution is -2.43. The monoisotopic (exact) mass is 460 g/mol. The lowest BCUT2D eigenvalue weighted by Gasteiger charge is -2.34. The molecule has 0 aromatic heterocycles. The summed E-state index contributed by atoms with van der Waals surface area (Å²) in [6, 6.07) is 14.4. The first-order chi connectivity index (χ1) is 14.9. The molecule has 1 fully saturated rings. The molecule has 1 N–H and O–H groups in total. The molecule has 0 radical (unpaired) electrons. The van der Waals surface area contributed by atoms with Crippen LogP contribution in [0.3, 0.4) is 0 Å². The highest BCUT2D eigenvalue weighted by Crippen LogP contribution is 2.39. The van der Waals surface area contributed by atoms with Crippen LogP contribution in [0.4, 0.5) is 5.69 Å². The summed E-state index contributed by atoms with van der Waals surface area (Å²) in [5.74, 6) is -2.57. The van der Waals surface area contributed by atoms with E-state index in [1.165, 1.54) is 11.9 Å². The number of rotatable bonds is 4. The third kappa shape index (κ3) is 5.20. The fourth-order valence-corrected chi connectivity index (χ4v) is 4.68. The summed E-state index contributed by atoms with van der Waals surface area (Å²) in [5, 5.41) is 3.39. The Hall–Kier alpha value is -2.55. The second-order valence-corrected chi connectivity index (χ2v) is 8.80. The summed E-state index contributed by atoms with van der Waals surface area (Å²) in [6.45, 7) is 0.676. The lowest BCUT2D eigenvalue weighted by atomic mass is 9.98. The van der Waals surface area contributed by atoms with E-state index in [4.69, 9.17) is 21.1 Å². The number of anilines is 1. The van der Waals surface area contributed by atoms with E-state index in [0.29, 0.717) is 29.2 Å². The molecule has 2 aromatic rings. The molecule has 2 aromatic carbocycles. The van der Waals surface area contributed by atoms with Gasteiger partial charge >= 0.3 is 11.9 Å². The van der Waals surface area contributed by atoms with E-state index in [1.807, 2.05) is 34.6 Å². The summed E-state index contributed by atoms with van der Waals surface area (Å²) >= 11 is 7.47. The van der Waals surface area contributed by atoms with Crippen LogP contribution < -0.4 is 5.32 Å². The number of hydrogen-bond donors (Lipinski definition) is 1. The molecular formula is C22H21ClN2O5S. The van der Waals surface area contributed by atoms with Crippen LogP contribution in [0.15, 0.2) is 48.5 Å². The van der Waals surface area contributed by atoms with Crippen molar-refractivity contribution < 1.29 is 23.9 Å². The molecule has 1 spiro atoms. The number of fused-ring (bicyclic) bond motifs is 2. The first-order valence-corrected chi connectivity index (χ1v) is 11.2. The van der Waals surface area contributed by atoms with Crippen molar-refractivity contribution in [3.8, 4) is 0 Å². The van der Waals surface area contributed by atoms with E-state index < -0.39 is 17.7 Å².